The summed E-state index contributed by atoms with van der Waals surface area (Å²) in [6.07, 6.45) is -1.85. The predicted octanol–water partition coefficient (Wildman–Crippen LogP) is 4.88. The molecule has 0 saturated carbocycles. The fourth-order valence-electron chi connectivity index (χ4n) is 3.86. The second-order valence-electron chi connectivity index (χ2n) is 7.42. The first-order valence-electron chi connectivity index (χ1n) is 9.32. The number of hydrogen-bond donors (Lipinski definition) is 1. The normalized spacial score (nSPS) is 17.5. The van der Waals surface area contributed by atoms with Crippen molar-refractivity contribution in [2.75, 3.05) is 23.3 Å². The predicted molar refractivity (Wildman–Crippen MR) is 103 cm³/mol. The molecule has 1 aliphatic rings. The molecule has 1 fully saturated rings. The number of nitrogens with one attached hydrogen (secondary N) is 1. The lowest BCUT2D eigenvalue weighted by Crippen LogP contribution is -2.42. The van der Waals surface area contributed by atoms with E-state index in [4.69, 9.17) is 0 Å². The number of nitrogens with zero attached hydrogens (tertiary/aromatic N) is 2. The average Bonchev–Trinajstić information content (AvgIpc) is 2.64. The largest absolute Gasteiger partial charge is 0.419 e. The Morgan fingerprint density at radius 3 is 2.54 bits per heavy atom. The number of halogens is 3. The molecule has 0 spiro atoms. The zero-order chi connectivity index (χ0) is 20.5. The number of hydrogen-bond acceptors (Lipinski definition) is 3. The number of pyridine rings is 1. The van der Waals surface area contributed by atoms with Gasteiger partial charge >= 0.3 is 6.18 Å². The molecule has 1 amide bonds. The number of alkyl halides is 3. The standard InChI is InChI=1S/C21H24F3N3O/c1-13-10-14(2)18(15(3)11-13)26-20(28)16-6-5-9-27(12-16)19-17(21(22,23)24)7-4-8-25-19/h4,7-8,10-11,16H,5-6,9,12H2,1-3H3,(H,26,28)/t16-/m1/s1. The number of piperidine rings is 1. The van der Waals surface area contributed by atoms with Crippen molar-refractivity contribution in [2.24, 2.45) is 5.92 Å². The molecule has 4 nitrogen and oxygen atoms in total. The molecule has 3 rings (SSSR count). The summed E-state index contributed by atoms with van der Waals surface area (Å²) >= 11 is 0. The molecule has 0 radical (unpaired) electrons. The van der Waals surface area contributed by atoms with Crippen LogP contribution >= 0.6 is 0 Å². The van der Waals surface area contributed by atoms with E-state index in [0.717, 1.165) is 28.4 Å². The van der Waals surface area contributed by atoms with E-state index < -0.39 is 17.7 Å². The Morgan fingerprint density at radius 2 is 1.89 bits per heavy atom. The third-order valence-electron chi connectivity index (χ3n) is 5.11. The Hall–Kier alpha value is -2.57. The zero-order valence-electron chi connectivity index (χ0n) is 16.2. The molecule has 2 aromatic rings. The number of rotatable bonds is 3. The Bertz CT molecular complexity index is 856. The van der Waals surface area contributed by atoms with Crippen molar-refractivity contribution in [1.82, 2.24) is 4.98 Å². The molecule has 7 heteroatoms. The van der Waals surface area contributed by atoms with Gasteiger partial charge in [-0.05, 0) is 56.9 Å². The summed E-state index contributed by atoms with van der Waals surface area (Å²) in [5.74, 6) is -0.656. The zero-order valence-corrected chi connectivity index (χ0v) is 16.2. The number of aromatic nitrogens is 1. The van der Waals surface area contributed by atoms with Gasteiger partial charge in [-0.25, -0.2) is 4.98 Å². The van der Waals surface area contributed by atoms with E-state index in [1.165, 1.54) is 12.3 Å². The molecule has 1 aliphatic heterocycles. The van der Waals surface area contributed by atoms with E-state index in [-0.39, 0.29) is 18.3 Å². The summed E-state index contributed by atoms with van der Waals surface area (Å²) in [6.45, 7) is 6.54. The van der Waals surface area contributed by atoms with Gasteiger partial charge in [-0.15, -0.1) is 0 Å². The van der Waals surface area contributed by atoms with E-state index in [1.54, 1.807) is 4.90 Å². The van der Waals surface area contributed by atoms with Crippen LogP contribution in [0.4, 0.5) is 24.7 Å². The number of benzene rings is 1. The molecule has 1 N–H and O–H groups in total. The Balaban J connectivity index is 1.78. The van der Waals surface area contributed by atoms with Gasteiger partial charge in [-0.3, -0.25) is 4.79 Å². The van der Waals surface area contributed by atoms with Gasteiger partial charge < -0.3 is 10.2 Å². The molecule has 0 unspecified atom stereocenters. The van der Waals surface area contributed by atoms with Crippen molar-refractivity contribution in [1.29, 1.82) is 0 Å². The summed E-state index contributed by atoms with van der Waals surface area (Å²) in [7, 11) is 0. The summed E-state index contributed by atoms with van der Waals surface area (Å²) in [5.41, 5.74) is 3.08. The number of anilines is 2. The molecule has 1 aromatic heterocycles. The fourth-order valence-corrected chi connectivity index (χ4v) is 3.86. The van der Waals surface area contributed by atoms with Gasteiger partial charge in [0.15, 0.2) is 0 Å². The van der Waals surface area contributed by atoms with Crippen LogP contribution in [-0.4, -0.2) is 24.0 Å². The third kappa shape index (κ3) is 4.29. The van der Waals surface area contributed by atoms with Crippen LogP contribution in [-0.2, 0) is 11.0 Å². The van der Waals surface area contributed by atoms with Crippen LogP contribution in [0.15, 0.2) is 30.5 Å². The average molecular weight is 391 g/mol. The van der Waals surface area contributed by atoms with Crippen LogP contribution in [0.1, 0.15) is 35.1 Å². The van der Waals surface area contributed by atoms with E-state index in [9.17, 15) is 18.0 Å². The van der Waals surface area contributed by atoms with Crippen LogP contribution in [0.2, 0.25) is 0 Å². The first-order valence-corrected chi connectivity index (χ1v) is 9.32. The highest BCUT2D eigenvalue weighted by atomic mass is 19.4. The molecule has 28 heavy (non-hydrogen) atoms. The molecular formula is C21H24F3N3O. The maximum Gasteiger partial charge on any atom is 0.419 e. The third-order valence-corrected chi connectivity index (χ3v) is 5.11. The van der Waals surface area contributed by atoms with Crippen molar-refractivity contribution in [3.63, 3.8) is 0 Å². The van der Waals surface area contributed by atoms with Crippen molar-refractivity contribution < 1.29 is 18.0 Å². The van der Waals surface area contributed by atoms with Gasteiger partial charge in [0.05, 0.1) is 11.5 Å². The SMILES string of the molecule is Cc1cc(C)c(NC(=O)[C@@H]2CCCN(c3ncccc3C(F)(F)F)C2)c(C)c1. The minimum Gasteiger partial charge on any atom is -0.355 e. The van der Waals surface area contributed by atoms with Crippen molar-refractivity contribution >= 4 is 17.4 Å². The molecule has 0 bridgehead atoms. The Labute approximate surface area is 162 Å². The minimum atomic E-state index is -4.48. The van der Waals surface area contributed by atoms with Crippen LogP contribution in [0.25, 0.3) is 0 Å². The molecule has 150 valence electrons. The van der Waals surface area contributed by atoms with Gasteiger partial charge in [0.1, 0.15) is 5.82 Å². The van der Waals surface area contributed by atoms with Crippen LogP contribution < -0.4 is 10.2 Å². The quantitative estimate of drug-likeness (QED) is 0.811. The van der Waals surface area contributed by atoms with Gasteiger partial charge in [0.2, 0.25) is 5.91 Å². The number of aryl methyl sites for hydroxylation is 3. The van der Waals surface area contributed by atoms with Crippen LogP contribution in [0, 0.1) is 26.7 Å². The summed E-state index contributed by atoms with van der Waals surface area (Å²) in [4.78, 5) is 18.4. The summed E-state index contributed by atoms with van der Waals surface area (Å²) < 4.78 is 40.0. The maximum absolute atomic E-state index is 13.3. The van der Waals surface area contributed by atoms with Gasteiger partial charge in [0, 0.05) is 25.0 Å². The fraction of sp³-hybridized carbons (Fsp3) is 0.429. The van der Waals surface area contributed by atoms with E-state index in [1.807, 2.05) is 32.9 Å². The highest BCUT2D eigenvalue weighted by molar-refractivity contribution is 5.94. The first kappa shape index (κ1) is 20.2. The second-order valence-corrected chi connectivity index (χ2v) is 7.42. The van der Waals surface area contributed by atoms with E-state index in [0.29, 0.717) is 19.4 Å². The Morgan fingerprint density at radius 1 is 1.21 bits per heavy atom. The molecule has 1 saturated heterocycles. The van der Waals surface area contributed by atoms with Crippen molar-refractivity contribution in [3.8, 4) is 0 Å². The lowest BCUT2D eigenvalue weighted by Gasteiger charge is -2.34. The minimum absolute atomic E-state index is 0.102. The highest BCUT2D eigenvalue weighted by Gasteiger charge is 2.37. The summed E-state index contributed by atoms with van der Waals surface area (Å²) in [5, 5.41) is 2.98. The second kappa shape index (κ2) is 7.81. The lowest BCUT2D eigenvalue weighted by molar-refractivity contribution is -0.137. The molecular weight excluding hydrogens is 367 g/mol. The van der Waals surface area contributed by atoms with E-state index in [2.05, 4.69) is 10.3 Å². The smallest absolute Gasteiger partial charge is 0.355 e. The lowest BCUT2D eigenvalue weighted by atomic mass is 9.96. The number of carbonyl (C=O) groups is 1. The monoisotopic (exact) mass is 391 g/mol. The Kier molecular flexibility index (Phi) is 5.63. The van der Waals surface area contributed by atoms with Crippen molar-refractivity contribution in [2.45, 2.75) is 39.8 Å². The van der Waals surface area contributed by atoms with Gasteiger partial charge in [-0.2, -0.15) is 13.2 Å². The number of carbonyl (C=O) groups excluding carboxylic acids is 1. The van der Waals surface area contributed by atoms with Crippen LogP contribution in [0.3, 0.4) is 0 Å². The van der Waals surface area contributed by atoms with E-state index >= 15 is 0 Å². The molecule has 1 aromatic carbocycles. The molecule has 1 atom stereocenters. The summed E-state index contributed by atoms with van der Waals surface area (Å²) in [6, 6.07) is 6.31. The molecule has 2 heterocycles. The van der Waals surface area contributed by atoms with Gasteiger partial charge in [0.25, 0.3) is 0 Å². The van der Waals surface area contributed by atoms with Crippen LogP contribution in [0.5, 0.6) is 0 Å². The maximum atomic E-state index is 13.3. The number of amides is 1. The topological polar surface area (TPSA) is 45.2 Å². The van der Waals surface area contributed by atoms with Crippen molar-refractivity contribution in [3.05, 3.63) is 52.7 Å². The molecule has 0 aliphatic carbocycles. The van der Waals surface area contributed by atoms with Gasteiger partial charge in [-0.1, -0.05) is 17.7 Å². The first-order chi connectivity index (χ1) is 13.2. The highest BCUT2D eigenvalue weighted by Crippen LogP contribution is 2.36.